The Balaban J connectivity index is 0.00000192. The molecule has 0 saturated carbocycles. The fraction of sp³-hybridized carbons (Fsp3) is 0.471. The third-order valence-electron chi connectivity index (χ3n) is 4.16. The first-order chi connectivity index (χ1) is 10.8. The molecule has 0 saturated heterocycles. The van der Waals surface area contributed by atoms with E-state index in [0.29, 0.717) is 6.54 Å². The minimum Gasteiger partial charge on any atom is -0.395 e. The molecule has 0 amide bonds. The van der Waals surface area contributed by atoms with Gasteiger partial charge in [0.1, 0.15) is 0 Å². The van der Waals surface area contributed by atoms with Crippen molar-refractivity contribution in [1.29, 1.82) is 0 Å². The molecule has 6 heteroatoms. The summed E-state index contributed by atoms with van der Waals surface area (Å²) >= 11 is 0. The zero-order valence-electron chi connectivity index (χ0n) is 13.5. The summed E-state index contributed by atoms with van der Waals surface area (Å²) in [5.74, 6) is 0. The zero-order chi connectivity index (χ0) is 15.4. The second-order valence-corrected chi connectivity index (χ2v) is 5.77. The van der Waals surface area contributed by atoms with Crippen molar-refractivity contribution >= 4 is 18.1 Å². The number of aliphatic hydroxyl groups is 1. The minimum atomic E-state index is 0. The number of fused-ring (bicyclic) bond motifs is 1. The van der Waals surface area contributed by atoms with E-state index in [1.165, 1.54) is 22.4 Å². The molecule has 1 aromatic carbocycles. The summed E-state index contributed by atoms with van der Waals surface area (Å²) in [5.41, 5.74) is 5.19. The second kappa shape index (κ2) is 8.34. The fourth-order valence-electron chi connectivity index (χ4n) is 3.06. The van der Waals surface area contributed by atoms with Crippen LogP contribution in [-0.2, 0) is 26.1 Å². The Kier molecular flexibility index (Phi) is 6.45. The van der Waals surface area contributed by atoms with Crippen LogP contribution in [0.2, 0.25) is 0 Å². The van der Waals surface area contributed by atoms with Crippen LogP contribution in [0.5, 0.6) is 0 Å². The van der Waals surface area contributed by atoms with Gasteiger partial charge in [0.05, 0.1) is 12.8 Å². The molecule has 0 atom stereocenters. The molecular formula is C17H25ClN4O. The van der Waals surface area contributed by atoms with Gasteiger partial charge in [-0.15, -0.1) is 12.4 Å². The summed E-state index contributed by atoms with van der Waals surface area (Å²) in [6, 6.07) is 6.50. The maximum Gasteiger partial charge on any atom is 0.0558 e. The van der Waals surface area contributed by atoms with Crippen LogP contribution >= 0.6 is 12.4 Å². The number of hydrogen-bond acceptors (Lipinski definition) is 4. The number of hydrogen-bond donors (Lipinski definition) is 2. The number of para-hydroxylation sites is 1. The van der Waals surface area contributed by atoms with Gasteiger partial charge in [-0.2, -0.15) is 5.10 Å². The molecule has 1 aromatic heterocycles. The monoisotopic (exact) mass is 336 g/mol. The highest BCUT2D eigenvalue weighted by Crippen LogP contribution is 2.27. The van der Waals surface area contributed by atoms with Crippen molar-refractivity contribution in [1.82, 2.24) is 14.7 Å². The predicted octanol–water partition coefficient (Wildman–Crippen LogP) is 2.29. The molecule has 0 spiro atoms. The van der Waals surface area contributed by atoms with Crippen LogP contribution in [0.15, 0.2) is 30.6 Å². The highest BCUT2D eigenvalue weighted by Gasteiger charge is 2.16. The van der Waals surface area contributed by atoms with Crippen molar-refractivity contribution in [3.05, 3.63) is 47.3 Å². The zero-order valence-corrected chi connectivity index (χ0v) is 14.4. The van der Waals surface area contributed by atoms with Crippen LogP contribution in [0.1, 0.15) is 23.6 Å². The molecule has 2 aromatic rings. The molecule has 126 valence electrons. The molecule has 23 heavy (non-hydrogen) atoms. The van der Waals surface area contributed by atoms with Gasteiger partial charge in [-0.1, -0.05) is 18.2 Å². The summed E-state index contributed by atoms with van der Waals surface area (Å²) in [4.78, 5) is 2.27. The van der Waals surface area contributed by atoms with Gasteiger partial charge >= 0.3 is 0 Å². The number of halogens is 1. The first-order valence-electron chi connectivity index (χ1n) is 7.99. The van der Waals surface area contributed by atoms with Gasteiger partial charge in [0.2, 0.25) is 0 Å². The van der Waals surface area contributed by atoms with Crippen LogP contribution in [0.3, 0.4) is 0 Å². The van der Waals surface area contributed by atoms with Crippen molar-refractivity contribution in [3.8, 4) is 0 Å². The molecule has 1 aliphatic rings. The van der Waals surface area contributed by atoms with E-state index >= 15 is 0 Å². The lowest BCUT2D eigenvalue weighted by molar-refractivity contribution is 0.184. The summed E-state index contributed by atoms with van der Waals surface area (Å²) in [6.45, 7) is 6.48. The van der Waals surface area contributed by atoms with Gasteiger partial charge in [-0.05, 0) is 24.5 Å². The molecular weight excluding hydrogens is 312 g/mol. The van der Waals surface area contributed by atoms with Crippen LogP contribution in [-0.4, -0.2) is 39.5 Å². The van der Waals surface area contributed by atoms with Crippen LogP contribution in [0.25, 0.3) is 0 Å². The largest absolute Gasteiger partial charge is 0.395 e. The number of aromatic nitrogens is 2. The Labute approximate surface area is 143 Å². The van der Waals surface area contributed by atoms with Gasteiger partial charge in [0.15, 0.2) is 0 Å². The Hall–Kier alpha value is -1.56. The van der Waals surface area contributed by atoms with E-state index in [-0.39, 0.29) is 19.0 Å². The standard InChI is InChI=1S/C17H24N4O.ClH/c1-2-21-12-14(10-19-21)11-20(8-9-22)13-16-5-3-4-15-6-7-18-17(15)16;/h3-5,10,12,18,22H,2,6-9,11,13H2,1H3;1H. The van der Waals surface area contributed by atoms with E-state index in [1.807, 2.05) is 10.9 Å². The van der Waals surface area contributed by atoms with Crippen LogP contribution < -0.4 is 5.32 Å². The SMILES string of the molecule is CCn1cc(CN(CCO)Cc2cccc3c2NCC3)cn1.Cl. The quantitative estimate of drug-likeness (QED) is 0.814. The van der Waals surface area contributed by atoms with E-state index < -0.39 is 0 Å². The van der Waals surface area contributed by atoms with E-state index in [2.05, 4.69) is 46.6 Å². The van der Waals surface area contributed by atoms with Gasteiger partial charge in [-0.25, -0.2) is 0 Å². The van der Waals surface area contributed by atoms with Gasteiger partial charge in [-0.3, -0.25) is 9.58 Å². The maximum absolute atomic E-state index is 9.36. The Morgan fingerprint density at radius 3 is 2.96 bits per heavy atom. The van der Waals surface area contributed by atoms with Crippen LogP contribution in [0.4, 0.5) is 5.69 Å². The minimum absolute atomic E-state index is 0. The Morgan fingerprint density at radius 2 is 2.22 bits per heavy atom. The lowest BCUT2D eigenvalue weighted by atomic mass is 10.1. The molecule has 2 heterocycles. The average Bonchev–Trinajstić information content (AvgIpc) is 3.16. The lowest BCUT2D eigenvalue weighted by Crippen LogP contribution is -2.26. The predicted molar refractivity (Wildman–Crippen MR) is 95.0 cm³/mol. The molecule has 2 N–H and O–H groups in total. The normalized spacial score (nSPS) is 12.8. The number of rotatable bonds is 7. The first-order valence-corrected chi connectivity index (χ1v) is 7.99. The first kappa shape index (κ1) is 17.8. The number of nitrogens with one attached hydrogen (secondary N) is 1. The van der Waals surface area contributed by atoms with Crippen molar-refractivity contribution in [2.45, 2.75) is 33.0 Å². The number of anilines is 1. The van der Waals surface area contributed by atoms with Gasteiger partial charge in [0.25, 0.3) is 0 Å². The van der Waals surface area contributed by atoms with Gasteiger partial charge < -0.3 is 10.4 Å². The van der Waals surface area contributed by atoms with Crippen molar-refractivity contribution in [2.75, 3.05) is 25.0 Å². The number of aliphatic hydroxyl groups excluding tert-OH is 1. The maximum atomic E-state index is 9.36. The van der Waals surface area contributed by atoms with E-state index in [4.69, 9.17) is 0 Å². The fourth-order valence-corrected chi connectivity index (χ4v) is 3.06. The topological polar surface area (TPSA) is 53.3 Å². The molecule has 0 radical (unpaired) electrons. The number of nitrogens with zero attached hydrogens (tertiary/aromatic N) is 3. The van der Waals surface area contributed by atoms with Crippen LogP contribution in [0, 0.1) is 0 Å². The Morgan fingerprint density at radius 1 is 1.35 bits per heavy atom. The summed E-state index contributed by atoms with van der Waals surface area (Å²) in [5, 5.41) is 17.2. The highest BCUT2D eigenvalue weighted by atomic mass is 35.5. The van der Waals surface area contributed by atoms with E-state index in [1.54, 1.807) is 0 Å². The van der Waals surface area contributed by atoms with Crippen molar-refractivity contribution in [3.63, 3.8) is 0 Å². The van der Waals surface area contributed by atoms with Crippen molar-refractivity contribution < 1.29 is 5.11 Å². The number of benzene rings is 1. The third-order valence-corrected chi connectivity index (χ3v) is 4.16. The molecule has 3 rings (SSSR count). The van der Waals surface area contributed by atoms with E-state index in [0.717, 1.165) is 32.6 Å². The molecule has 0 aliphatic carbocycles. The summed E-state index contributed by atoms with van der Waals surface area (Å²) < 4.78 is 1.94. The lowest BCUT2D eigenvalue weighted by Gasteiger charge is -2.22. The highest BCUT2D eigenvalue weighted by molar-refractivity contribution is 5.85. The Bertz CT molecular complexity index is 629. The van der Waals surface area contributed by atoms with Crippen molar-refractivity contribution in [2.24, 2.45) is 0 Å². The van der Waals surface area contributed by atoms with Gasteiger partial charge in [0, 0.05) is 50.2 Å². The molecule has 0 fully saturated rings. The second-order valence-electron chi connectivity index (χ2n) is 5.77. The average molecular weight is 337 g/mol. The summed E-state index contributed by atoms with van der Waals surface area (Å²) in [7, 11) is 0. The molecule has 0 unspecified atom stereocenters. The summed E-state index contributed by atoms with van der Waals surface area (Å²) in [6.07, 6.45) is 5.10. The number of aryl methyl sites for hydroxylation is 1. The van der Waals surface area contributed by atoms with E-state index in [9.17, 15) is 5.11 Å². The molecule has 1 aliphatic heterocycles. The molecule has 0 bridgehead atoms. The third kappa shape index (κ3) is 4.25. The molecule has 5 nitrogen and oxygen atoms in total. The smallest absolute Gasteiger partial charge is 0.0558 e.